The van der Waals surface area contributed by atoms with Gasteiger partial charge >= 0.3 is 0 Å². The highest BCUT2D eigenvalue weighted by Gasteiger charge is 2.24. The highest BCUT2D eigenvalue weighted by molar-refractivity contribution is 14.0. The number of nitrogens with zero attached hydrogens (tertiary/aromatic N) is 3. The van der Waals surface area contributed by atoms with Crippen molar-refractivity contribution in [3.63, 3.8) is 0 Å². The average molecular weight is 492 g/mol. The molecule has 2 fully saturated rings. The smallest absolute Gasteiger partial charge is 0.193 e. The van der Waals surface area contributed by atoms with Crippen LogP contribution < -0.4 is 5.32 Å². The molecule has 1 N–H and O–H groups in total. The largest absolute Gasteiger partial charge is 0.378 e. The second kappa shape index (κ2) is 10.8. The van der Waals surface area contributed by atoms with E-state index in [0.29, 0.717) is 6.10 Å². The number of hydrogen-bond donors (Lipinski definition) is 1. The summed E-state index contributed by atoms with van der Waals surface area (Å²) in [6.07, 6.45) is 8.15. The molecular formula is C19H33IN4OS. The molecule has 0 spiro atoms. The van der Waals surface area contributed by atoms with Gasteiger partial charge in [0.25, 0.3) is 0 Å². The van der Waals surface area contributed by atoms with E-state index in [9.17, 15) is 0 Å². The van der Waals surface area contributed by atoms with Crippen LogP contribution in [0.25, 0.3) is 0 Å². The Morgan fingerprint density at radius 1 is 1.23 bits per heavy atom. The fraction of sp³-hybridized carbons (Fsp3) is 0.789. The predicted molar refractivity (Wildman–Crippen MR) is 120 cm³/mol. The zero-order valence-electron chi connectivity index (χ0n) is 16.3. The molecule has 7 heteroatoms. The second-order valence-electron chi connectivity index (χ2n) is 7.32. The summed E-state index contributed by atoms with van der Waals surface area (Å²) in [5.41, 5.74) is 1.14. The molecule has 0 aromatic carbocycles. The first kappa shape index (κ1) is 21.9. The van der Waals surface area contributed by atoms with Crippen LogP contribution in [0.3, 0.4) is 0 Å². The number of nitrogens with one attached hydrogen (secondary N) is 1. The zero-order chi connectivity index (χ0) is 17.6. The van der Waals surface area contributed by atoms with Gasteiger partial charge in [0.05, 0.1) is 18.3 Å². The summed E-state index contributed by atoms with van der Waals surface area (Å²) in [5.74, 6) is 1.80. The molecule has 2 aliphatic rings. The molecule has 148 valence electrons. The third kappa shape index (κ3) is 6.05. The summed E-state index contributed by atoms with van der Waals surface area (Å²) in [4.78, 5) is 12.7. The molecular weight excluding hydrogens is 459 g/mol. The van der Waals surface area contributed by atoms with Crippen LogP contribution in [0.4, 0.5) is 0 Å². The average Bonchev–Trinajstić information content (AvgIpc) is 3.25. The first-order chi connectivity index (χ1) is 12.2. The van der Waals surface area contributed by atoms with Crippen molar-refractivity contribution in [1.82, 2.24) is 15.2 Å². The quantitative estimate of drug-likeness (QED) is 0.382. The van der Waals surface area contributed by atoms with Gasteiger partial charge in [0.15, 0.2) is 5.96 Å². The topological polar surface area (TPSA) is 49.8 Å². The van der Waals surface area contributed by atoms with E-state index >= 15 is 0 Å². The molecule has 0 bridgehead atoms. The Labute approximate surface area is 179 Å². The van der Waals surface area contributed by atoms with Crippen LogP contribution in [-0.2, 0) is 11.3 Å². The Hall–Kier alpha value is -0.410. The number of guanidine groups is 1. The SMILES string of the molecule is CN=C(NCc1nc(C)c(C)s1)N1CCC(OCC2CCCC2)CC1.I. The molecule has 0 unspecified atom stereocenters. The number of rotatable bonds is 5. The van der Waals surface area contributed by atoms with E-state index in [0.717, 1.165) is 61.7 Å². The van der Waals surface area contributed by atoms with Gasteiger partial charge in [-0.15, -0.1) is 35.3 Å². The fourth-order valence-electron chi connectivity index (χ4n) is 3.79. The van der Waals surface area contributed by atoms with Gasteiger partial charge in [-0.05, 0) is 45.4 Å². The molecule has 0 amide bonds. The highest BCUT2D eigenvalue weighted by atomic mass is 127. The summed E-state index contributed by atoms with van der Waals surface area (Å²) >= 11 is 1.77. The number of piperidine rings is 1. The monoisotopic (exact) mass is 492 g/mol. The Kier molecular flexibility index (Phi) is 9.09. The summed E-state index contributed by atoms with van der Waals surface area (Å²) in [5, 5.41) is 4.60. The Balaban J connectivity index is 0.00000243. The van der Waals surface area contributed by atoms with Crippen molar-refractivity contribution in [2.45, 2.75) is 65.0 Å². The zero-order valence-corrected chi connectivity index (χ0v) is 19.4. The number of aryl methyl sites for hydroxylation is 2. The molecule has 1 aliphatic heterocycles. The molecule has 2 heterocycles. The minimum atomic E-state index is 0. The molecule has 1 aromatic heterocycles. The Morgan fingerprint density at radius 3 is 2.50 bits per heavy atom. The van der Waals surface area contributed by atoms with Crippen molar-refractivity contribution >= 4 is 41.3 Å². The maximum absolute atomic E-state index is 6.18. The van der Waals surface area contributed by atoms with Crippen LogP contribution in [0.5, 0.6) is 0 Å². The minimum Gasteiger partial charge on any atom is -0.378 e. The van der Waals surface area contributed by atoms with E-state index in [1.165, 1.54) is 30.6 Å². The predicted octanol–water partition coefficient (Wildman–Crippen LogP) is 4.12. The standard InChI is InChI=1S/C19H32N4OS.HI/c1-14-15(2)25-18(22-14)12-21-19(20-3)23-10-8-17(9-11-23)24-13-16-6-4-5-7-16;/h16-17H,4-13H2,1-3H3,(H,20,21);1H. The van der Waals surface area contributed by atoms with Gasteiger partial charge in [0, 0.05) is 31.6 Å². The lowest BCUT2D eigenvalue weighted by atomic mass is 10.1. The third-order valence-corrected chi connectivity index (χ3v) is 6.54. The van der Waals surface area contributed by atoms with Crippen molar-refractivity contribution in [2.24, 2.45) is 10.9 Å². The maximum Gasteiger partial charge on any atom is 0.193 e. The van der Waals surface area contributed by atoms with Gasteiger partial charge in [-0.3, -0.25) is 4.99 Å². The lowest BCUT2D eigenvalue weighted by Gasteiger charge is -2.34. The lowest BCUT2D eigenvalue weighted by molar-refractivity contribution is 0.00101. The second-order valence-corrected chi connectivity index (χ2v) is 8.61. The molecule has 0 radical (unpaired) electrons. The number of aliphatic imine (C=N–C) groups is 1. The van der Waals surface area contributed by atoms with Gasteiger partial charge < -0.3 is 15.0 Å². The van der Waals surface area contributed by atoms with Crippen LogP contribution in [0.2, 0.25) is 0 Å². The third-order valence-electron chi connectivity index (χ3n) is 5.47. The van der Waals surface area contributed by atoms with Crippen LogP contribution in [0.15, 0.2) is 4.99 Å². The van der Waals surface area contributed by atoms with Crippen molar-refractivity contribution in [3.8, 4) is 0 Å². The van der Waals surface area contributed by atoms with Gasteiger partial charge in [0.1, 0.15) is 5.01 Å². The Morgan fingerprint density at radius 2 is 1.92 bits per heavy atom. The van der Waals surface area contributed by atoms with E-state index in [-0.39, 0.29) is 24.0 Å². The van der Waals surface area contributed by atoms with E-state index in [4.69, 9.17) is 4.74 Å². The first-order valence-electron chi connectivity index (χ1n) is 9.66. The number of thiazole rings is 1. The first-order valence-corrected chi connectivity index (χ1v) is 10.5. The van der Waals surface area contributed by atoms with Crippen molar-refractivity contribution in [1.29, 1.82) is 0 Å². The van der Waals surface area contributed by atoms with Crippen molar-refractivity contribution in [3.05, 3.63) is 15.6 Å². The van der Waals surface area contributed by atoms with Gasteiger partial charge in [-0.1, -0.05) is 12.8 Å². The molecule has 1 aromatic rings. The highest BCUT2D eigenvalue weighted by Crippen LogP contribution is 2.26. The Bertz CT molecular complexity index is 559. The molecule has 5 nitrogen and oxygen atoms in total. The van der Waals surface area contributed by atoms with Gasteiger partial charge in [-0.2, -0.15) is 0 Å². The minimum absolute atomic E-state index is 0. The summed E-state index contributed by atoms with van der Waals surface area (Å²) < 4.78 is 6.18. The van der Waals surface area contributed by atoms with Crippen LogP contribution in [0.1, 0.15) is 54.1 Å². The lowest BCUT2D eigenvalue weighted by Crippen LogP contribution is -2.46. The number of halogens is 1. The number of hydrogen-bond acceptors (Lipinski definition) is 4. The van der Waals surface area contributed by atoms with E-state index in [1.807, 2.05) is 7.05 Å². The normalized spacial score (nSPS) is 19.7. The van der Waals surface area contributed by atoms with E-state index < -0.39 is 0 Å². The van der Waals surface area contributed by atoms with E-state index in [2.05, 4.69) is 34.0 Å². The molecule has 3 rings (SSSR count). The number of likely N-dealkylation sites (tertiary alicyclic amines) is 1. The van der Waals surface area contributed by atoms with Crippen LogP contribution >= 0.6 is 35.3 Å². The molecule has 1 saturated heterocycles. The molecule has 26 heavy (non-hydrogen) atoms. The molecule has 1 saturated carbocycles. The summed E-state index contributed by atoms with van der Waals surface area (Å²) in [7, 11) is 1.86. The number of ether oxygens (including phenoxy) is 1. The number of aromatic nitrogens is 1. The van der Waals surface area contributed by atoms with Gasteiger partial charge in [-0.25, -0.2) is 4.98 Å². The van der Waals surface area contributed by atoms with E-state index in [1.54, 1.807) is 11.3 Å². The van der Waals surface area contributed by atoms with Crippen molar-refractivity contribution < 1.29 is 4.74 Å². The van der Waals surface area contributed by atoms with Crippen LogP contribution in [0, 0.1) is 19.8 Å². The van der Waals surface area contributed by atoms with Crippen molar-refractivity contribution in [2.75, 3.05) is 26.7 Å². The molecule has 1 aliphatic carbocycles. The van der Waals surface area contributed by atoms with Crippen LogP contribution in [-0.4, -0.2) is 48.7 Å². The maximum atomic E-state index is 6.18. The summed E-state index contributed by atoms with van der Waals surface area (Å²) in [6.45, 7) is 7.96. The molecule has 0 atom stereocenters. The fourth-order valence-corrected chi connectivity index (χ4v) is 4.66. The van der Waals surface area contributed by atoms with Gasteiger partial charge in [0.2, 0.25) is 0 Å². The summed E-state index contributed by atoms with van der Waals surface area (Å²) in [6, 6.07) is 0.